The van der Waals surface area contributed by atoms with E-state index in [-0.39, 0.29) is 0 Å². The van der Waals surface area contributed by atoms with Crippen LogP contribution in [0.25, 0.3) is 10.9 Å². The first-order valence-corrected chi connectivity index (χ1v) is 7.94. The Morgan fingerprint density at radius 1 is 1.00 bits per heavy atom. The number of hydrogen-bond donors (Lipinski definition) is 3. The molecule has 3 aromatic rings. The Labute approximate surface area is 149 Å². The lowest BCUT2D eigenvalue weighted by molar-refractivity contribution is -0.129. The van der Waals surface area contributed by atoms with E-state index in [0.717, 1.165) is 5.52 Å². The second kappa shape index (κ2) is 7.52. The Morgan fingerprint density at radius 2 is 1.69 bits per heavy atom. The number of fused-ring (bicyclic) bond motifs is 1. The van der Waals surface area contributed by atoms with Crippen molar-refractivity contribution in [2.75, 3.05) is 7.05 Å². The molecule has 1 heterocycles. The summed E-state index contributed by atoms with van der Waals surface area (Å²) >= 11 is 0. The highest BCUT2D eigenvalue weighted by Gasteiger charge is 2.27. The van der Waals surface area contributed by atoms with Crippen LogP contribution in [0.1, 0.15) is 22.0 Å². The van der Waals surface area contributed by atoms with E-state index in [4.69, 9.17) is 4.74 Å². The highest BCUT2D eigenvalue weighted by molar-refractivity contribution is 6.05. The van der Waals surface area contributed by atoms with Crippen molar-refractivity contribution in [1.29, 1.82) is 0 Å². The zero-order valence-electron chi connectivity index (χ0n) is 14.0. The van der Waals surface area contributed by atoms with Crippen LogP contribution in [0.3, 0.4) is 0 Å². The van der Waals surface area contributed by atoms with Crippen LogP contribution in [0.15, 0.2) is 60.8 Å². The average Bonchev–Trinajstić information content (AvgIpc) is 3.10. The van der Waals surface area contributed by atoms with Crippen molar-refractivity contribution in [3.63, 3.8) is 0 Å². The van der Waals surface area contributed by atoms with Crippen LogP contribution in [-0.2, 0) is 9.53 Å². The minimum atomic E-state index is -1.25. The van der Waals surface area contributed by atoms with E-state index < -0.39 is 24.0 Å². The van der Waals surface area contributed by atoms with Crippen molar-refractivity contribution in [1.82, 2.24) is 15.6 Å². The van der Waals surface area contributed by atoms with Crippen LogP contribution in [0.2, 0.25) is 0 Å². The summed E-state index contributed by atoms with van der Waals surface area (Å²) in [6.45, 7) is 0. The van der Waals surface area contributed by atoms with Crippen LogP contribution in [0, 0.1) is 0 Å². The van der Waals surface area contributed by atoms with Crippen LogP contribution < -0.4 is 10.6 Å². The van der Waals surface area contributed by atoms with Crippen molar-refractivity contribution >= 4 is 28.8 Å². The first-order valence-electron chi connectivity index (χ1n) is 7.94. The van der Waals surface area contributed by atoms with Crippen LogP contribution in [0.5, 0.6) is 0 Å². The number of urea groups is 1. The molecule has 0 spiro atoms. The third-order valence-electron chi connectivity index (χ3n) is 3.84. The summed E-state index contributed by atoms with van der Waals surface area (Å²) in [5.74, 6) is -1.40. The molecule has 7 nitrogen and oxygen atoms in total. The average molecular weight is 351 g/mol. The number of rotatable bonds is 4. The van der Waals surface area contributed by atoms with Gasteiger partial charge in [-0.2, -0.15) is 0 Å². The van der Waals surface area contributed by atoms with Gasteiger partial charge in [0.25, 0.3) is 5.91 Å². The molecule has 0 bridgehead atoms. The molecule has 0 saturated carbocycles. The Morgan fingerprint density at radius 3 is 2.42 bits per heavy atom. The third kappa shape index (κ3) is 3.56. The highest BCUT2D eigenvalue weighted by Crippen LogP contribution is 2.23. The number of aromatic nitrogens is 1. The van der Waals surface area contributed by atoms with Gasteiger partial charge in [0.15, 0.2) is 0 Å². The summed E-state index contributed by atoms with van der Waals surface area (Å²) in [6.07, 6.45) is 0.278. The van der Waals surface area contributed by atoms with Gasteiger partial charge in [0, 0.05) is 29.7 Å². The Bertz CT molecular complexity index is 950. The molecule has 3 amide bonds. The van der Waals surface area contributed by atoms with Crippen LogP contribution in [-0.4, -0.2) is 29.9 Å². The second-order valence-electron chi connectivity index (χ2n) is 5.51. The van der Waals surface area contributed by atoms with E-state index in [2.05, 4.69) is 15.6 Å². The number of amides is 3. The predicted octanol–water partition coefficient (Wildman–Crippen LogP) is 2.52. The largest absolute Gasteiger partial charge is 0.444 e. The van der Waals surface area contributed by atoms with Gasteiger partial charge in [0.2, 0.25) is 6.10 Å². The van der Waals surface area contributed by atoms with Crippen molar-refractivity contribution in [3.8, 4) is 0 Å². The van der Waals surface area contributed by atoms with Gasteiger partial charge < -0.3 is 15.0 Å². The van der Waals surface area contributed by atoms with Gasteiger partial charge in [0.1, 0.15) is 0 Å². The fraction of sp³-hybridized carbons (Fsp3) is 0.105. The molecule has 0 radical (unpaired) electrons. The molecular formula is C19H17N3O4. The minimum absolute atomic E-state index is 0.314. The number of nitrogens with one attached hydrogen (secondary N) is 3. The van der Waals surface area contributed by atoms with E-state index >= 15 is 0 Å². The van der Waals surface area contributed by atoms with E-state index in [9.17, 15) is 14.4 Å². The summed E-state index contributed by atoms with van der Waals surface area (Å²) in [5.41, 5.74) is 1.56. The number of aromatic amines is 1. The lowest BCUT2D eigenvalue weighted by atomic mass is 10.1. The zero-order chi connectivity index (χ0) is 18.5. The number of H-pyrrole nitrogens is 1. The molecule has 26 heavy (non-hydrogen) atoms. The monoisotopic (exact) mass is 351 g/mol. The van der Waals surface area contributed by atoms with Gasteiger partial charge in [-0.05, 0) is 6.07 Å². The molecule has 2 aromatic carbocycles. The minimum Gasteiger partial charge on any atom is -0.444 e. The zero-order valence-corrected chi connectivity index (χ0v) is 14.0. The maximum Gasteiger partial charge on any atom is 0.341 e. The topological polar surface area (TPSA) is 100 Å². The number of hydrogen-bond acceptors (Lipinski definition) is 4. The van der Waals surface area contributed by atoms with E-state index in [0.29, 0.717) is 16.5 Å². The van der Waals surface area contributed by atoms with Gasteiger partial charge in [-0.25, -0.2) is 9.59 Å². The molecule has 1 aromatic heterocycles. The molecule has 3 rings (SSSR count). The molecule has 0 aliphatic rings. The molecule has 0 aliphatic carbocycles. The number of benzene rings is 2. The van der Waals surface area contributed by atoms with Gasteiger partial charge in [-0.15, -0.1) is 0 Å². The third-order valence-corrected chi connectivity index (χ3v) is 3.84. The fourth-order valence-corrected chi connectivity index (χ4v) is 2.55. The number of ether oxygens (including phenoxy) is 1. The normalized spacial score (nSPS) is 11.6. The SMILES string of the molecule is CNC(=O)NC(=O)[C@@H](OC(=O)c1c[nH]c2ccccc12)c1ccccc1. The molecule has 132 valence electrons. The molecular weight excluding hydrogens is 334 g/mol. The summed E-state index contributed by atoms with van der Waals surface area (Å²) in [7, 11) is 1.39. The van der Waals surface area contributed by atoms with E-state index in [1.165, 1.54) is 13.2 Å². The van der Waals surface area contributed by atoms with Gasteiger partial charge in [-0.3, -0.25) is 10.1 Å². The first-order chi connectivity index (χ1) is 12.6. The number of esters is 1. The van der Waals surface area contributed by atoms with Crippen LogP contribution >= 0.6 is 0 Å². The van der Waals surface area contributed by atoms with Crippen molar-refractivity contribution in [2.45, 2.75) is 6.10 Å². The summed E-state index contributed by atoms with van der Waals surface area (Å²) < 4.78 is 5.45. The van der Waals surface area contributed by atoms with E-state index in [1.54, 1.807) is 42.5 Å². The molecule has 0 fully saturated rings. The number of carbonyl (C=O) groups is 3. The lowest BCUT2D eigenvalue weighted by Crippen LogP contribution is -2.41. The summed E-state index contributed by atoms with van der Waals surface area (Å²) in [6, 6.07) is 15.1. The molecule has 7 heteroatoms. The van der Waals surface area contributed by atoms with Crippen molar-refractivity contribution < 1.29 is 19.1 Å². The van der Waals surface area contributed by atoms with Gasteiger partial charge in [0.05, 0.1) is 5.56 Å². The first kappa shape index (κ1) is 17.2. The second-order valence-corrected chi connectivity index (χ2v) is 5.51. The maximum absolute atomic E-state index is 12.6. The number of para-hydroxylation sites is 1. The molecule has 3 N–H and O–H groups in total. The number of carbonyl (C=O) groups excluding carboxylic acids is 3. The Hall–Kier alpha value is -3.61. The maximum atomic E-state index is 12.6. The van der Waals surface area contributed by atoms with Crippen molar-refractivity contribution in [3.05, 3.63) is 71.9 Å². The molecule has 0 unspecified atom stereocenters. The lowest BCUT2D eigenvalue weighted by Gasteiger charge is -2.17. The Kier molecular flexibility index (Phi) is 4.98. The van der Waals surface area contributed by atoms with Gasteiger partial charge >= 0.3 is 12.0 Å². The van der Waals surface area contributed by atoms with E-state index in [1.807, 2.05) is 12.1 Å². The van der Waals surface area contributed by atoms with Gasteiger partial charge in [-0.1, -0.05) is 48.5 Å². The molecule has 0 saturated heterocycles. The predicted molar refractivity (Wildman–Crippen MR) is 95.5 cm³/mol. The highest BCUT2D eigenvalue weighted by atomic mass is 16.5. The summed E-state index contributed by atoms with van der Waals surface area (Å²) in [4.78, 5) is 39.5. The smallest absolute Gasteiger partial charge is 0.341 e. The van der Waals surface area contributed by atoms with Crippen LogP contribution in [0.4, 0.5) is 4.79 Å². The number of imide groups is 1. The molecule has 0 aliphatic heterocycles. The molecule has 1 atom stereocenters. The fourth-order valence-electron chi connectivity index (χ4n) is 2.55. The van der Waals surface area contributed by atoms with Crippen molar-refractivity contribution in [2.24, 2.45) is 0 Å². The summed E-state index contributed by atoms with van der Waals surface area (Å²) in [5, 5.41) is 5.12. The quantitative estimate of drug-likeness (QED) is 0.629. The Balaban J connectivity index is 1.88. The standard InChI is InChI=1S/C19H17N3O4/c1-20-19(25)22-17(23)16(12-7-3-2-4-8-12)26-18(24)14-11-21-15-10-6-5-9-13(14)15/h2-11,16,21H,1H3,(H2,20,22,23,25)/t16-/m0/s1.